The van der Waals surface area contributed by atoms with Crippen LogP contribution in [-0.4, -0.2) is 45.2 Å². The number of carbonyl (C=O) groups is 2. The Kier molecular flexibility index (Phi) is 5.41. The van der Waals surface area contributed by atoms with Crippen molar-refractivity contribution in [3.8, 4) is 0 Å². The number of rotatable bonds is 3. The molecule has 0 spiro atoms. The van der Waals surface area contributed by atoms with E-state index in [1.165, 1.54) is 19.3 Å². The summed E-state index contributed by atoms with van der Waals surface area (Å²) in [5.74, 6) is 0.103. The first-order chi connectivity index (χ1) is 13.2. The van der Waals surface area contributed by atoms with Gasteiger partial charge in [-0.25, -0.2) is 4.98 Å². The smallest absolute Gasteiger partial charge is 0.290 e. The van der Waals surface area contributed by atoms with Crippen molar-refractivity contribution in [1.29, 1.82) is 0 Å². The molecular weight excluding hydrogens is 340 g/mol. The van der Waals surface area contributed by atoms with Gasteiger partial charge in [-0.3, -0.25) is 14.0 Å². The van der Waals surface area contributed by atoms with Gasteiger partial charge in [-0.1, -0.05) is 31.7 Å². The SMILES string of the molecule is O=C(NC1CCCCCC1)c1nc(C(=O)N2CCCCC2)n2ccccc12. The number of aromatic nitrogens is 2. The lowest BCUT2D eigenvalue weighted by Crippen LogP contribution is -2.37. The highest BCUT2D eigenvalue weighted by Crippen LogP contribution is 2.20. The maximum atomic E-state index is 13.0. The maximum Gasteiger partial charge on any atom is 0.290 e. The van der Waals surface area contributed by atoms with Gasteiger partial charge in [0.2, 0.25) is 5.82 Å². The van der Waals surface area contributed by atoms with Crippen molar-refractivity contribution in [3.63, 3.8) is 0 Å². The highest BCUT2D eigenvalue weighted by molar-refractivity contribution is 6.02. The molecule has 3 heterocycles. The van der Waals surface area contributed by atoms with E-state index in [9.17, 15) is 9.59 Å². The minimum atomic E-state index is -0.164. The minimum absolute atomic E-state index is 0.0792. The van der Waals surface area contributed by atoms with Crippen LogP contribution in [0.1, 0.15) is 78.9 Å². The van der Waals surface area contributed by atoms with Crippen LogP contribution >= 0.6 is 0 Å². The second-order valence-electron chi connectivity index (χ2n) is 7.75. The monoisotopic (exact) mass is 368 g/mol. The van der Waals surface area contributed by atoms with Gasteiger partial charge in [0.1, 0.15) is 0 Å². The molecule has 0 aromatic carbocycles. The normalized spacial score (nSPS) is 19.0. The van der Waals surface area contributed by atoms with Crippen LogP contribution in [0.4, 0.5) is 0 Å². The van der Waals surface area contributed by atoms with E-state index in [2.05, 4.69) is 10.3 Å². The first kappa shape index (κ1) is 18.0. The van der Waals surface area contributed by atoms with E-state index in [-0.39, 0.29) is 17.9 Å². The van der Waals surface area contributed by atoms with Gasteiger partial charge in [-0.05, 0) is 44.2 Å². The van der Waals surface area contributed by atoms with Crippen LogP contribution in [0.25, 0.3) is 5.52 Å². The van der Waals surface area contributed by atoms with Crippen LogP contribution in [0.15, 0.2) is 24.4 Å². The molecule has 2 amide bonds. The highest BCUT2D eigenvalue weighted by Gasteiger charge is 2.27. The van der Waals surface area contributed by atoms with Gasteiger partial charge in [0.05, 0.1) is 5.52 Å². The van der Waals surface area contributed by atoms with Crippen LogP contribution in [0.2, 0.25) is 0 Å². The lowest BCUT2D eigenvalue weighted by atomic mass is 10.1. The molecule has 0 atom stereocenters. The second-order valence-corrected chi connectivity index (χ2v) is 7.75. The Morgan fingerprint density at radius 1 is 0.963 bits per heavy atom. The molecule has 2 aromatic rings. The summed E-state index contributed by atoms with van der Waals surface area (Å²) >= 11 is 0. The number of fused-ring (bicyclic) bond motifs is 1. The molecule has 2 aliphatic rings. The largest absolute Gasteiger partial charge is 0.348 e. The van der Waals surface area contributed by atoms with Crippen molar-refractivity contribution in [2.45, 2.75) is 63.8 Å². The molecule has 0 bridgehead atoms. The Morgan fingerprint density at radius 2 is 1.67 bits per heavy atom. The van der Waals surface area contributed by atoms with Crippen LogP contribution in [0, 0.1) is 0 Å². The molecule has 0 unspecified atom stereocenters. The number of piperidine rings is 1. The summed E-state index contributed by atoms with van der Waals surface area (Å²) in [6.45, 7) is 1.54. The molecule has 1 saturated heterocycles. The van der Waals surface area contributed by atoms with E-state index in [0.29, 0.717) is 17.0 Å². The average molecular weight is 368 g/mol. The zero-order valence-electron chi connectivity index (χ0n) is 15.8. The maximum absolute atomic E-state index is 13.0. The third-order valence-electron chi connectivity index (χ3n) is 5.79. The molecule has 2 aromatic heterocycles. The number of likely N-dealkylation sites (tertiary alicyclic amines) is 1. The van der Waals surface area contributed by atoms with E-state index in [1.54, 1.807) is 4.40 Å². The van der Waals surface area contributed by atoms with Gasteiger partial charge < -0.3 is 10.2 Å². The standard InChI is InChI=1S/C21H28N4O2/c26-20(22-16-10-4-1-2-5-11-16)18-17-12-6-9-15-25(17)19(23-18)21(27)24-13-7-3-8-14-24/h6,9,12,15-16H,1-5,7-8,10-11,13-14H2,(H,22,26). The lowest BCUT2D eigenvalue weighted by molar-refractivity contribution is 0.0711. The van der Waals surface area contributed by atoms with Crippen LogP contribution < -0.4 is 5.32 Å². The van der Waals surface area contributed by atoms with Crippen molar-refractivity contribution >= 4 is 17.3 Å². The Balaban J connectivity index is 1.61. The molecule has 0 radical (unpaired) electrons. The van der Waals surface area contributed by atoms with Crippen LogP contribution in [-0.2, 0) is 0 Å². The van der Waals surface area contributed by atoms with Crippen LogP contribution in [0.3, 0.4) is 0 Å². The molecule has 1 saturated carbocycles. The number of imidazole rings is 1. The molecule has 4 rings (SSSR count). The Bertz CT molecular complexity index is 815. The molecule has 2 fully saturated rings. The fourth-order valence-corrected chi connectivity index (χ4v) is 4.27. The van der Waals surface area contributed by atoms with Gasteiger partial charge in [0.25, 0.3) is 11.8 Å². The molecule has 144 valence electrons. The fraction of sp³-hybridized carbons (Fsp3) is 0.571. The van der Waals surface area contributed by atoms with Crippen molar-refractivity contribution in [1.82, 2.24) is 19.6 Å². The summed E-state index contributed by atoms with van der Waals surface area (Å²) < 4.78 is 1.76. The average Bonchev–Trinajstić information content (AvgIpc) is 2.91. The van der Waals surface area contributed by atoms with E-state index in [1.807, 2.05) is 29.3 Å². The topological polar surface area (TPSA) is 66.7 Å². The summed E-state index contributed by atoms with van der Waals surface area (Å²) in [5, 5.41) is 3.16. The first-order valence-electron chi connectivity index (χ1n) is 10.3. The summed E-state index contributed by atoms with van der Waals surface area (Å²) in [6.07, 6.45) is 11.9. The minimum Gasteiger partial charge on any atom is -0.348 e. The highest BCUT2D eigenvalue weighted by atomic mass is 16.2. The molecule has 6 nitrogen and oxygen atoms in total. The van der Waals surface area contributed by atoms with Crippen molar-refractivity contribution in [2.24, 2.45) is 0 Å². The quantitative estimate of drug-likeness (QED) is 0.844. The number of nitrogens with zero attached hydrogens (tertiary/aromatic N) is 3. The van der Waals surface area contributed by atoms with E-state index < -0.39 is 0 Å². The van der Waals surface area contributed by atoms with Crippen molar-refractivity contribution in [3.05, 3.63) is 35.9 Å². The Hall–Kier alpha value is -2.37. The van der Waals surface area contributed by atoms with E-state index in [0.717, 1.165) is 51.6 Å². The Labute approximate surface area is 159 Å². The van der Waals surface area contributed by atoms with Crippen molar-refractivity contribution in [2.75, 3.05) is 13.1 Å². The van der Waals surface area contributed by atoms with Gasteiger partial charge in [-0.2, -0.15) is 0 Å². The summed E-state index contributed by atoms with van der Waals surface area (Å²) in [6, 6.07) is 5.83. The number of pyridine rings is 1. The molecular formula is C21H28N4O2. The lowest BCUT2D eigenvalue weighted by Gasteiger charge is -2.25. The van der Waals surface area contributed by atoms with Crippen LogP contribution in [0.5, 0.6) is 0 Å². The molecule has 6 heteroatoms. The molecule has 27 heavy (non-hydrogen) atoms. The molecule has 1 N–H and O–H groups in total. The second kappa shape index (κ2) is 8.11. The first-order valence-corrected chi connectivity index (χ1v) is 10.3. The third-order valence-corrected chi connectivity index (χ3v) is 5.79. The number of amides is 2. The van der Waals surface area contributed by atoms with E-state index >= 15 is 0 Å². The summed E-state index contributed by atoms with van der Waals surface area (Å²) in [5.41, 5.74) is 1.06. The fourth-order valence-electron chi connectivity index (χ4n) is 4.27. The number of hydrogen-bond donors (Lipinski definition) is 1. The molecule has 1 aliphatic heterocycles. The number of nitrogens with one attached hydrogen (secondary N) is 1. The van der Waals surface area contributed by atoms with Gasteiger partial charge in [-0.15, -0.1) is 0 Å². The predicted molar refractivity (Wildman–Crippen MR) is 104 cm³/mol. The summed E-state index contributed by atoms with van der Waals surface area (Å²) in [7, 11) is 0. The van der Waals surface area contributed by atoms with Crippen molar-refractivity contribution < 1.29 is 9.59 Å². The van der Waals surface area contributed by atoms with Gasteiger partial charge >= 0.3 is 0 Å². The zero-order chi connectivity index (χ0) is 18.6. The molecule has 1 aliphatic carbocycles. The number of hydrogen-bond acceptors (Lipinski definition) is 3. The zero-order valence-corrected chi connectivity index (χ0v) is 15.8. The summed E-state index contributed by atoms with van der Waals surface area (Å²) in [4.78, 5) is 32.3. The third kappa shape index (κ3) is 3.84. The number of carbonyl (C=O) groups excluding carboxylic acids is 2. The van der Waals surface area contributed by atoms with E-state index in [4.69, 9.17) is 0 Å². The predicted octanol–water partition coefficient (Wildman–Crippen LogP) is 3.41. The Morgan fingerprint density at radius 3 is 2.41 bits per heavy atom. The van der Waals surface area contributed by atoms with Gasteiger partial charge in [0, 0.05) is 25.3 Å². The van der Waals surface area contributed by atoms with Gasteiger partial charge in [0.15, 0.2) is 5.69 Å².